The van der Waals surface area contributed by atoms with Gasteiger partial charge in [-0.25, -0.2) is 95.2 Å². The van der Waals surface area contributed by atoms with E-state index in [1.165, 1.54) is 0 Å². The average Bonchev–Trinajstić information content (AvgIpc) is 4.00. The molecule has 0 fully saturated rings. The Balaban J connectivity index is 1.38. The van der Waals surface area contributed by atoms with Crippen molar-refractivity contribution in [3.05, 3.63) is 150 Å². The van der Waals surface area contributed by atoms with Crippen molar-refractivity contribution < 1.29 is 70.2 Å². The van der Waals surface area contributed by atoms with E-state index in [1.54, 1.807) is 0 Å². The van der Waals surface area contributed by atoms with Crippen molar-refractivity contribution in [2.45, 2.75) is 5.79 Å². The van der Waals surface area contributed by atoms with Crippen molar-refractivity contribution in [2.24, 2.45) is 25.0 Å². The third-order valence-electron chi connectivity index (χ3n) is 10.1. The molecule has 8 bridgehead atoms. The number of benzene rings is 4. The van der Waals surface area contributed by atoms with E-state index in [-0.39, 0.29) is 6.07 Å². The number of amidine groups is 4. The number of aromatic amines is 2. The van der Waals surface area contributed by atoms with Gasteiger partial charge < -0.3 is 20.6 Å². The van der Waals surface area contributed by atoms with Crippen molar-refractivity contribution in [1.82, 2.24) is 9.97 Å². The van der Waals surface area contributed by atoms with Crippen molar-refractivity contribution in [3.63, 3.8) is 0 Å². The number of hydrogen-bond acceptors (Lipinski definition) is 7. The van der Waals surface area contributed by atoms with Gasteiger partial charge in [-0.3, -0.25) is 0 Å². The van der Waals surface area contributed by atoms with Gasteiger partial charge in [-0.05, 0) is 30.3 Å². The van der Waals surface area contributed by atoms with Crippen LogP contribution in [0.4, 0.5) is 93.4 Å². The van der Waals surface area contributed by atoms with Crippen molar-refractivity contribution in [2.75, 3.05) is 10.6 Å². The first-order valence-corrected chi connectivity index (χ1v) is 17.2. The maximum atomic E-state index is 17.5. The standard InChI is InChI=1S/C38H9F16N9/c39-6-1-3-7(4-2-6)63-38(54)16-15(23(47)28(52)29(38)53)36-56-30-8-5-9(40)17(41)18(42)10(8)31(55-30)57-32-11-12(20(44)25(49)24(48)19(11)43)33(58-32)59-34-13-14(35(60-34)61-37(16)62-36)22(46)27(51)26(50)21(13)45/h1-5,58,63H,(H,59,60,61)(H,55,56,57,62). The Labute approximate surface area is 335 Å². The molecule has 9 nitrogen and oxygen atoms in total. The van der Waals surface area contributed by atoms with Crippen LogP contribution in [0.2, 0.25) is 0 Å². The molecule has 1 aliphatic carbocycles. The number of allylic oxidation sites excluding steroid dienone is 1. The second-order valence-corrected chi connectivity index (χ2v) is 13.6. The second kappa shape index (κ2) is 13.1. The molecule has 3 aliphatic heterocycles. The minimum atomic E-state index is -4.16. The van der Waals surface area contributed by atoms with Gasteiger partial charge >= 0.3 is 0 Å². The number of nitrogens with one attached hydrogen (secondary N) is 4. The summed E-state index contributed by atoms with van der Waals surface area (Å²) in [7, 11) is 0. The van der Waals surface area contributed by atoms with E-state index in [4.69, 9.17) is 0 Å². The van der Waals surface area contributed by atoms with Gasteiger partial charge in [-0.15, -0.1) is 0 Å². The molecule has 318 valence electrons. The highest BCUT2D eigenvalue weighted by molar-refractivity contribution is 6.27. The van der Waals surface area contributed by atoms with E-state index in [0.717, 1.165) is 24.3 Å². The van der Waals surface area contributed by atoms with E-state index < -0.39 is 189 Å². The fourth-order valence-electron chi connectivity index (χ4n) is 7.28. The summed E-state index contributed by atoms with van der Waals surface area (Å²) in [5.74, 6) is -46.4. The van der Waals surface area contributed by atoms with E-state index in [0.29, 0.717) is 0 Å². The summed E-state index contributed by atoms with van der Waals surface area (Å²) in [6, 6.07) is 3.27. The molecule has 4 aromatic carbocycles. The molecule has 0 saturated carbocycles. The maximum absolute atomic E-state index is 17.5. The molecule has 1 atom stereocenters. The lowest BCUT2D eigenvalue weighted by Gasteiger charge is -2.29. The number of aliphatic imine (C=N–C) groups is 4. The van der Waals surface area contributed by atoms with E-state index in [9.17, 15) is 30.7 Å². The number of hydrogen-bond donors (Lipinski definition) is 4. The van der Waals surface area contributed by atoms with Gasteiger partial charge in [0.05, 0.1) is 38.2 Å². The van der Waals surface area contributed by atoms with Gasteiger partial charge in [0, 0.05) is 11.3 Å². The number of halogens is 16. The fourth-order valence-corrected chi connectivity index (χ4v) is 7.28. The Kier molecular flexibility index (Phi) is 8.22. The monoisotopic (exact) mass is 895 g/mol. The number of fused-ring (bicyclic) bond motifs is 18. The van der Waals surface area contributed by atoms with Crippen LogP contribution in [-0.4, -0.2) is 33.3 Å². The SMILES string of the molecule is FC1=C(F)C(F)(Nc2ccc(F)cc2)c2c3[nH]/c(c2=C1F)=N\C1=NC(=N\c2[nH]c(c4c(F)c(F)c(F)c(F)c24)/N=C2\N=C(N3)c3c(F)c(F)c(F)c(F)c32)/c2c1cc(F)c(F)c2F. The third-order valence-corrected chi connectivity index (χ3v) is 10.1. The highest BCUT2D eigenvalue weighted by Crippen LogP contribution is 2.46. The van der Waals surface area contributed by atoms with Gasteiger partial charge in [-0.2, -0.15) is 0 Å². The van der Waals surface area contributed by atoms with Gasteiger partial charge in [0.1, 0.15) is 34.6 Å². The van der Waals surface area contributed by atoms with Crippen molar-refractivity contribution >= 4 is 63.1 Å². The van der Waals surface area contributed by atoms with E-state index >= 15 is 39.5 Å². The zero-order chi connectivity index (χ0) is 44.9. The minimum Gasteiger partial charge on any atom is -0.344 e. The molecule has 2 aromatic heterocycles. The molecule has 63 heavy (non-hydrogen) atoms. The minimum absolute atomic E-state index is 0.228. The van der Waals surface area contributed by atoms with Gasteiger partial charge in [0.15, 0.2) is 93.2 Å². The summed E-state index contributed by atoms with van der Waals surface area (Å²) in [4.78, 5) is 23.1. The molecule has 25 heteroatoms. The summed E-state index contributed by atoms with van der Waals surface area (Å²) >= 11 is 0. The first-order valence-electron chi connectivity index (χ1n) is 17.2. The normalized spacial score (nSPS) is 19.7. The smallest absolute Gasteiger partial charge is 0.265 e. The number of aromatic nitrogens is 2. The topological polar surface area (TPSA) is 117 Å². The number of H-pyrrole nitrogens is 2. The molecule has 0 radical (unpaired) electrons. The maximum Gasteiger partial charge on any atom is 0.265 e. The zero-order valence-electron chi connectivity index (χ0n) is 29.7. The summed E-state index contributed by atoms with van der Waals surface area (Å²) in [5.41, 5.74) is -8.16. The van der Waals surface area contributed by atoms with Crippen LogP contribution in [0.25, 0.3) is 16.6 Å². The van der Waals surface area contributed by atoms with Crippen LogP contribution in [0.15, 0.2) is 66.9 Å². The summed E-state index contributed by atoms with van der Waals surface area (Å²) in [5, 5.41) is -0.255. The molecule has 4 N–H and O–H groups in total. The van der Waals surface area contributed by atoms with Crippen LogP contribution in [0, 0.1) is 69.8 Å². The van der Waals surface area contributed by atoms with E-state index in [2.05, 4.69) is 40.2 Å². The first-order chi connectivity index (χ1) is 29.8. The Bertz CT molecular complexity index is 3470. The van der Waals surface area contributed by atoms with Crippen molar-refractivity contribution in [1.29, 1.82) is 0 Å². The highest BCUT2D eigenvalue weighted by Gasteiger charge is 2.50. The lowest BCUT2D eigenvalue weighted by molar-refractivity contribution is 0.200. The Morgan fingerprint density at radius 2 is 1.06 bits per heavy atom. The Morgan fingerprint density at radius 1 is 0.508 bits per heavy atom. The first kappa shape index (κ1) is 39.4. The predicted octanol–water partition coefficient (Wildman–Crippen LogP) is 9.06. The van der Waals surface area contributed by atoms with Gasteiger partial charge in [0.2, 0.25) is 5.83 Å². The number of rotatable bonds is 2. The number of nitrogens with zero attached hydrogens (tertiary/aromatic N) is 5. The summed E-state index contributed by atoms with van der Waals surface area (Å²) < 4.78 is 246. The lowest BCUT2D eigenvalue weighted by Crippen LogP contribution is -2.43. The van der Waals surface area contributed by atoms with Crippen LogP contribution < -0.4 is 21.3 Å². The average molecular weight is 896 g/mol. The molecular weight excluding hydrogens is 886 g/mol. The molecule has 4 aliphatic rings. The second-order valence-electron chi connectivity index (χ2n) is 13.6. The largest absolute Gasteiger partial charge is 0.344 e. The third kappa shape index (κ3) is 5.30. The molecule has 5 heterocycles. The molecular formula is C38H9F16N9. The van der Waals surface area contributed by atoms with Crippen LogP contribution in [0.3, 0.4) is 0 Å². The fraction of sp³-hybridized carbons (Fsp3) is 0.0263. The molecule has 6 aromatic rings. The predicted molar refractivity (Wildman–Crippen MR) is 188 cm³/mol. The van der Waals surface area contributed by atoms with Crippen LogP contribution >= 0.6 is 0 Å². The van der Waals surface area contributed by atoms with Crippen LogP contribution in [-0.2, 0) is 5.79 Å². The van der Waals surface area contributed by atoms with Crippen LogP contribution in [0.5, 0.6) is 0 Å². The molecule has 1 unspecified atom stereocenters. The lowest BCUT2D eigenvalue weighted by atomic mass is 9.96. The van der Waals surface area contributed by atoms with E-state index in [1.807, 2.05) is 5.32 Å². The highest BCUT2D eigenvalue weighted by atomic mass is 19.2. The molecule has 0 spiro atoms. The summed E-state index contributed by atoms with van der Waals surface area (Å²) in [6.07, 6.45) is 0. The van der Waals surface area contributed by atoms with Crippen LogP contribution in [0.1, 0.15) is 27.8 Å². The molecule has 0 saturated heterocycles. The Morgan fingerprint density at radius 3 is 1.68 bits per heavy atom. The zero-order valence-corrected chi connectivity index (χ0v) is 29.7. The molecule has 0 amide bonds. The Hall–Kier alpha value is -7.73. The molecule has 10 rings (SSSR count). The summed E-state index contributed by atoms with van der Waals surface area (Å²) in [6.45, 7) is 0. The number of anilines is 2. The quantitative estimate of drug-likeness (QED) is 0.0601. The van der Waals surface area contributed by atoms with Crippen molar-refractivity contribution in [3.8, 4) is 0 Å². The number of alkyl halides is 1. The van der Waals surface area contributed by atoms with Gasteiger partial charge in [-0.1, -0.05) is 0 Å². The van der Waals surface area contributed by atoms with Gasteiger partial charge in [0.25, 0.3) is 5.79 Å².